The van der Waals surface area contributed by atoms with Crippen LogP contribution in [0.15, 0.2) is 24.5 Å². The summed E-state index contributed by atoms with van der Waals surface area (Å²) in [5, 5.41) is 2.64. The van der Waals surface area contributed by atoms with Crippen LogP contribution in [0.2, 0.25) is 0 Å². The third kappa shape index (κ3) is 1.99. The van der Waals surface area contributed by atoms with Crippen molar-refractivity contribution in [3.63, 3.8) is 0 Å². The standard InChI is InChI=1S/C12H16N2O2S/c1-13-11(15)12(6-2-3-8-17(12)16)10-5-4-7-14-9-10/h4-5,7,9H,2-3,6,8H2,1H3,(H,13,15)/t12-,17-/m1/s1. The first kappa shape index (κ1) is 12.2. The zero-order valence-electron chi connectivity index (χ0n) is 9.81. The lowest BCUT2D eigenvalue weighted by molar-refractivity contribution is -0.123. The fourth-order valence-electron chi connectivity index (χ4n) is 2.32. The molecule has 4 nitrogen and oxygen atoms in total. The highest BCUT2D eigenvalue weighted by Crippen LogP contribution is 2.37. The Kier molecular flexibility index (Phi) is 3.57. The molecule has 92 valence electrons. The fourth-order valence-corrected chi connectivity index (χ4v) is 4.20. The molecule has 1 aliphatic heterocycles. The van der Waals surface area contributed by atoms with Crippen molar-refractivity contribution >= 4 is 16.7 Å². The summed E-state index contributed by atoms with van der Waals surface area (Å²) >= 11 is 0. The first-order valence-corrected chi connectivity index (χ1v) is 7.05. The minimum atomic E-state index is -1.17. The summed E-state index contributed by atoms with van der Waals surface area (Å²) in [5.74, 6) is 0.422. The number of hydrogen-bond acceptors (Lipinski definition) is 3. The van der Waals surface area contributed by atoms with Gasteiger partial charge in [0.05, 0.1) is 0 Å². The van der Waals surface area contributed by atoms with E-state index in [-0.39, 0.29) is 5.91 Å². The number of carbonyl (C=O) groups is 1. The number of nitrogens with zero attached hydrogens (tertiary/aromatic N) is 1. The van der Waals surface area contributed by atoms with Crippen LogP contribution in [0.4, 0.5) is 0 Å². The molecule has 5 heteroatoms. The SMILES string of the molecule is CNC(=O)[C@]1(c2cccnc2)CCCC[S@]1=O. The highest BCUT2D eigenvalue weighted by molar-refractivity contribution is 7.86. The number of carbonyl (C=O) groups excluding carboxylic acids is 1. The molecule has 1 amide bonds. The van der Waals surface area contributed by atoms with Gasteiger partial charge in [0.2, 0.25) is 5.91 Å². The quantitative estimate of drug-likeness (QED) is 0.852. The minimum Gasteiger partial charge on any atom is -0.358 e. The average Bonchev–Trinajstić information content (AvgIpc) is 2.39. The topological polar surface area (TPSA) is 59.1 Å². The molecular formula is C12H16N2O2S. The Morgan fingerprint density at radius 3 is 2.94 bits per heavy atom. The van der Waals surface area contributed by atoms with Crippen LogP contribution < -0.4 is 5.32 Å². The van der Waals surface area contributed by atoms with Crippen molar-refractivity contribution in [2.24, 2.45) is 0 Å². The lowest BCUT2D eigenvalue weighted by atomic mass is 9.92. The maximum Gasteiger partial charge on any atom is 0.243 e. The summed E-state index contributed by atoms with van der Waals surface area (Å²) in [5.41, 5.74) is 0.761. The Morgan fingerprint density at radius 1 is 1.53 bits per heavy atom. The van der Waals surface area contributed by atoms with Crippen LogP contribution in [0.5, 0.6) is 0 Å². The summed E-state index contributed by atoms with van der Waals surface area (Å²) < 4.78 is 11.4. The van der Waals surface area contributed by atoms with E-state index in [4.69, 9.17) is 0 Å². The maximum atomic E-state index is 12.3. The van der Waals surface area contributed by atoms with E-state index in [9.17, 15) is 9.00 Å². The van der Waals surface area contributed by atoms with Gasteiger partial charge in [-0.25, -0.2) is 0 Å². The molecule has 2 rings (SSSR count). The molecule has 2 heterocycles. The van der Waals surface area contributed by atoms with Gasteiger partial charge in [-0.1, -0.05) is 12.5 Å². The molecule has 1 saturated heterocycles. The Balaban J connectivity index is 2.50. The summed E-state index contributed by atoms with van der Waals surface area (Å²) in [6.45, 7) is 0. The summed E-state index contributed by atoms with van der Waals surface area (Å²) in [7, 11) is 0.420. The number of amides is 1. The average molecular weight is 252 g/mol. The van der Waals surface area contributed by atoms with Gasteiger partial charge in [-0.05, 0) is 24.5 Å². The monoisotopic (exact) mass is 252 g/mol. The molecule has 1 aliphatic rings. The Morgan fingerprint density at radius 2 is 2.35 bits per heavy atom. The zero-order valence-corrected chi connectivity index (χ0v) is 10.6. The van der Waals surface area contributed by atoms with Gasteiger partial charge in [0.25, 0.3) is 0 Å². The van der Waals surface area contributed by atoms with Crippen LogP contribution >= 0.6 is 0 Å². The first-order chi connectivity index (χ1) is 8.21. The van der Waals surface area contributed by atoms with Gasteiger partial charge < -0.3 is 5.32 Å². The Bertz CT molecular complexity index is 425. The summed E-state index contributed by atoms with van der Waals surface area (Å²) in [4.78, 5) is 16.2. The van der Waals surface area contributed by atoms with Crippen LogP contribution in [0, 0.1) is 0 Å². The molecule has 0 saturated carbocycles. The van der Waals surface area contributed by atoms with Gasteiger partial charge in [0.15, 0.2) is 4.75 Å². The number of likely N-dealkylation sites (N-methyl/N-ethyl adjacent to an activating group) is 1. The molecule has 2 atom stereocenters. The lowest BCUT2D eigenvalue weighted by Crippen LogP contribution is -2.49. The van der Waals surface area contributed by atoms with Crippen molar-refractivity contribution in [1.29, 1.82) is 0 Å². The number of nitrogens with one attached hydrogen (secondary N) is 1. The molecule has 0 aliphatic carbocycles. The van der Waals surface area contributed by atoms with Crippen LogP contribution in [0.1, 0.15) is 24.8 Å². The zero-order chi connectivity index (χ0) is 12.3. The second kappa shape index (κ2) is 4.96. The summed E-state index contributed by atoms with van der Waals surface area (Å²) in [6.07, 6.45) is 5.79. The number of rotatable bonds is 2. The van der Waals surface area contributed by atoms with E-state index >= 15 is 0 Å². The van der Waals surface area contributed by atoms with E-state index in [0.29, 0.717) is 12.2 Å². The van der Waals surface area contributed by atoms with E-state index in [1.807, 2.05) is 6.07 Å². The van der Waals surface area contributed by atoms with Crippen LogP contribution in [-0.2, 0) is 20.3 Å². The van der Waals surface area contributed by atoms with Gasteiger partial charge in [-0.3, -0.25) is 14.0 Å². The van der Waals surface area contributed by atoms with Gasteiger partial charge in [0.1, 0.15) is 0 Å². The summed E-state index contributed by atoms with van der Waals surface area (Å²) in [6, 6.07) is 3.62. The molecule has 1 aromatic heterocycles. The van der Waals surface area contributed by atoms with Gasteiger partial charge >= 0.3 is 0 Å². The molecule has 0 radical (unpaired) electrons. The van der Waals surface area contributed by atoms with Crippen LogP contribution in [-0.4, -0.2) is 27.9 Å². The van der Waals surface area contributed by atoms with Crippen LogP contribution in [0.3, 0.4) is 0 Å². The predicted molar refractivity (Wildman–Crippen MR) is 66.8 cm³/mol. The van der Waals surface area contributed by atoms with Crippen molar-refractivity contribution in [3.8, 4) is 0 Å². The number of aromatic nitrogens is 1. The lowest BCUT2D eigenvalue weighted by Gasteiger charge is -2.34. The van der Waals surface area contributed by atoms with E-state index in [2.05, 4.69) is 10.3 Å². The third-order valence-corrected chi connectivity index (χ3v) is 5.28. The van der Waals surface area contributed by atoms with Crippen molar-refractivity contribution in [2.75, 3.05) is 12.8 Å². The van der Waals surface area contributed by atoms with Gasteiger partial charge in [-0.2, -0.15) is 0 Å². The normalized spacial score (nSPS) is 28.6. The van der Waals surface area contributed by atoms with Crippen molar-refractivity contribution in [2.45, 2.75) is 24.0 Å². The fraction of sp³-hybridized carbons (Fsp3) is 0.500. The second-order valence-corrected chi connectivity index (χ2v) is 5.95. The molecule has 1 N–H and O–H groups in total. The minimum absolute atomic E-state index is 0.163. The smallest absolute Gasteiger partial charge is 0.243 e. The highest BCUT2D eigenvalue weighted by atomic mass is 32.2. The Hall–Kier alpha value is -1.23. The third-order valence-electron chi connectivity index (χ3n) is 3.22. The molecule has 0 unspecified atom stereocenters. The molecule has 17 heavy (non-hydrogen) atoms. The van der Waals surface area contributed by atoms with Crippen molar-refractivity contribution in [1.82, 2.24) is 10.3 Å². The van der Waals surface area contributed by atoms with Crippen molar-refractivity contribution in [3.05, 3.63) is 30.1 Å². The Labute approximate surface area is 103 Å². The predicted octanol–water partition coefficient (Wildman–Crippen LogP) is 0.956. The number of pyridine rings is 1. The molecule has 0 bridgehead atoms. The van der Waals surface area contributed by atoms with Crippen molar-refractivity contribution < 1.29 is 9.00 Å². The largest absolute Gasteiger partial charge is 0.358 e. The first-order valence-electron chi connectivity index (χ1n) is 5.73. The van der Waals surface area contributed by atoms with Crippen LogP contribution in [0.25, 0.3) is 0 Å². The van der Waals surface area contributed by atoms with E-state index in [0.717, 1.165) is 18.4 Å². The van der Waals surface area contributed by atoms with Gasteiger partial charge in [0, 0.05) is 36.0 Å². The van der Waals surface area contributed by atoms with E-state index in [1.165, 1.54) is 0 Å². The van der Waals surface area contributed by atoms with E-state index in [1.54, 1.807) is 25.5 Å². The van der Waals surface area contributed by atoms with E-state index < -0.39 is 15.5 Å². The molecule has 1 aromatic rings. The number of hydrogen-bond donors (Lipinski definition) is 1. The second-order valence-electron chi connectivity index (χ2n) is 4.15. The highest BCUT2D eigenvalue weighted by Gasteiger charge is 2.46. The van der Waals surface area contributed by atoms with Gasteiger partial charge in [-0.15, -0.1) is 0 Å². The maximum absolute atomic E-state index is 12.3. The molecule has 0 spiro atoms. The molecule has 0 aromatic carbocycles. The molecule has 1 fully saturated rings. The molecular weight excluding hydrogens is 236 g/mol.